The van der Waals surface area contributed by atoms with Gasteiger partial charge in [0, 0.05) is 6.61 Å². The molecular formula is C14H30O5S. The van der Waals surface area contributed by atoms with Gasteiger partial charge < -0.3 is 5.11 Å². The zero-order chi connectivity index (χ0) is 15.6. The van der Waals surface area contributed by atoms with E-state index >= 15 is 0 Å². The Balaban J connectivity index is 4.39. The van der Waals surface area contributed by atoms with E-state index in [1.54, 1.807) is 0 Å². The molecule has 0 amide bonds. The minimum Gasteiger partial charge on any atom is -0.396 e. The van der Waals surface area contributed by atoms with Gasteiger partial charge in [0.15, 0.2) is 0 Å². The fraction of sp³-hybridized carbons (Fsp3) is 1.00. The zero-order valence-electron chi connectivity index (χ0n) is 12.9. The molecule has 0 bridgehead atoms. The molecule has 0 aliphatic rings. The quantitative estimate of drug-likeness (QED) is 0.541. The number of aliphatic hydroxyl groups is 1. The van der Waals surface area contributed by atoms with Crippen LogP contribution < -0.4 is 0 Å². The van der Waals surface area contributed by atoms with Crippen LogP contribution in [0.1, 0.15) is 65.7 Å². The predicted molar refractivity (Wildman–Crippen MR) is 79.8 cm³/mol. The normalized spacial score (nSPS) is 16.9. The van der Waals surface area contributed by atoms with E-state index in [2.05, 4.69) is 13.8 Å². The van der Waals surface area contributed by atoms with E-state index in [1.807, 2.05) is 6.92 Å². The van der Waals surface area contributed by atoms with E-state index in [9.17, 15) is 8.42 Å². The van der Waals surface area contributed by atoms with Crippen LogP contribution in [0.4, 0.5) is 0 Å². The molecule has 20 heavy (non-hydrogen) atoms. The second-order valence-electron chi connectivity index (χ2n) is 5.66. The molecule has 0 aromatic carbocycles. The van der Waals surface area contributed by atoms with Gasteiger partial charge in [0.25, 0.3) is 0 Å². The zero-order valence-corrected chi connectivity index (χ0v) is 13.7. The van der Waals surface area contributed by atoms with Crippen LogP contribution >= 0.6 is 0 Å². The third-order valence-corrected chi connectivity index (χ3v) is 4.19. The van der Waals surface area contributed by atoms with Crippen LogP contribution in [0.3, 0.4) is 0 Å². The van der Waals surface area contributed by atoms with Gasteiger partial charge in [0.2, 0.25) is 0 Å². The maximum absolute atomic E-state index is 10.9. The Hall–Kier alpha value is -0.170. The summed E-state index contributed by atoms with van der Waals surface area (Å²) in [4.78, 5) is 0. The van der Waals surface area contributed by atoms with Crippen molar-refractivity contribution in [2.45, 2.75) is 71.8 Å². The Morgan fingerprint density at radius 3 is 2.25 bits per heavy atom. The van der Waals surface area contributed by atoms with Crippen molar-refractivity contribution in [3.05, 3.63) is 0 Å². The number of unbranched alkanes of at least 4 members (excludes halogenated alkanes) is 1. The summed E-state index contributed by atoms with van der Waals surface area (Å²) in [6.45, 7) is 6.10. The van der Waals surface area contributed by atoms with Crippen molar-refractivity contribution in [1.29, 1.82) is 0 Å². The van der Waals surface area contributed by atoms with Gasteiger partial charge in [0.05, 0.1) is 6.10 Å². The van der Waals surface area contributed by atoms with Gasteiger partial charge in [-0.05, 0) is 31.1 Å². The molecule has 3 atom stereocenters. The molecule has 0 fully saturated rings. The van der Waals surface area contributed by atoms with Crippen molar-refractivity contribution in [1.82, 2.24) is 0 Å². The summed E-state index contributed by atoms with van der Waals surface area (Å²) in [7, 11) is -4.43. The summed E-state index contributed by atoms with van der Waals surface area (Å²) < 4.78 is 35.3. The Morgan fingerprint density at radius 2 is 1.80 bits per heavy atom. The average Bonchev–Trinajstić information content (AvgIpc) is 2.36. The molecule has 6 heteroatoms. The first kappa shape index (κ1) is 19.8. The molecule has 5 nitrogen and oxygen atoms in total. The summed E-state index contributed by atoms with van der Waals surface area (Å²) in [6.07, 6.45) is 5.89. The van der Waals surface area contributed by atoms with E-state index < -0.39 is 16.5 Å². The SMILES string of the molecule is CCCCC(CC)CCC(CC(C)CO)OS(=O)(=O)O. The first-order chi connectivity index (χ1) is 9.32. The van der Waals surface area contributed by atoms with Gasteiger partial charge in [-0.1, -0.05) is 46.5 Å². The Bertz CT molecular complexity index is 328. The van der Waals surface area contributed by atoms with Crippen molar-refractivity contribution in [2.24, 2.45) is 11.8 Å². The van der Waals surface area contributed by atoms with Crippen molar-refractivity contribution in [3.8, 4) is 0 Å². The van der Waals surface area contributed by atoms with E-state index in [0.29, 0.717) is 18.8 Å². The standard InChI is InChI=1S/C14H30O5S/c1-4-6-7-13(5-2)8-9-14(10-12(3)11-15)19-20(16,17)18/h12-15H,4-11H2,1-3H3,(H,16,17,18). The van der Waals surface area contributed by atoms with Crippen LogP contribution in [0.2, 0.25) is 0 Å². The summed E-state index contributed by atoms with van der Waals surface area (Å²) in [5, 5.41) is 9.05. The molecule has 0 spiro atoms. The fourth-order valence-corrected chi connectivity index (χ4v) is 2.89. The molecule has 0 aromatic rings. The molecule has 0 saturated heterocycles. The van der Waals surface area contributed by atoms with Crippen molar-refractivity contribution < 1.29 is 22.3 Å². The number of hydrogen-bond acceptors (Lipinski definition) is 4. The maximum Gasteiger partial charge on any atom is 0.397 e. The highest BCUT2D eigenvalue weighted by molar-refractivity contribution is 7.80. The molecule has 0 radical (unpaired) electrons. The first-order valence-electron chi connectivity index (χ1n) is 7.58. The fourth-order valence-electron chi connectivity index (χ4n) is 2.37. The molecule has 0 rings (SSSR count). The highest BCUT2D eigenvalue weighted by Crippen LogP contribution is 2.23. The molecule has 0 saturated carbocycles. The number of hydrogen-bond donors (Lipinski definition) is 2. The van der Waals surface area contributed by atoms with Crippen LogP contribution in [0.25, 0.3) is 0 Å². The van der Waals surface area contributed by atoms with Gasteiger partial charge in [-0.25, -0.2) is 4.18 Å². The molecule has 2 N–H and O–H groups in total. The third kappa shape index (κ3) is 10.6. The third-order valence-electron chi connectivity index (χ3n) is 3.67. The van der Waals surface area contributed by atoms with Gasteiger partial charge >= 0.3 is 10.4 Å². The Morgan fingerprint density at radius 1 is 1.15 bits per heavy atom. The average molecular weight is 310 g/mol. The summed E-state index contributed by atoms with van der Waals surface area (Å²) in [6, 6.07) is 0. The van der Waals surface area contributed by atoms with Gasteiger partial charge in [-0.15, -0.1) is 0 Å². The van der Waals surface area contributed by atoms with Gasteiger partial charge in [-0.2, -0.15) is 8.42 Å². The molecule has 0 aromatic heterocycles. The summed E-state index contributed by atoms with van der Waals surface area (Å²) in [5.41, 5.74) is 0. The molecule has 122 valence electrons. The molecule has 0 heterocycles. The first-order valence-corrected chi connectivity index (χ1v) is 8.95. The second-order valence-corrected chi connectivity index (χ2v) is 6.71. The second kappa shape index (κ2) is 10.5. The topological polar surface area (TPSA) is 83.8 Å². The number of rotatable bonds is 12. The van der Waals surface area contributed by atoms with Crippen molar-refractivity contribution >= 4 is 10.4 Å². The lowest BCUT2D eigenvalue weighted by atomic mass is 9.91. The van der Waals surface area contributed by atoms with Crippen LogP contribution in [-0.4, -0.2) is 30.8 Å². The van der Waals surface area contributed by atoms with Crippen LogP contribution in [0, 0.1) is 11.8 Å². The van der Waals surface area contributed by atoms with Crippen LogP contribution in [-0.2, 0) is 14.6 Å². The van der Waals surface area contributed by atoms with Gasteiger partial charge in [-0.3, -0.25) is 4.55 Å². The van der Waals surface area contributed by atoms with E-state index in [-0.39, 0.29) is 12.5 Å². The van der Waals surface area contributed by atoms with Gasteiger partial charge in [0.1, 0.15) is 0 Å². The highest BCUT2D eigenvalue weighted by Gasteiger charge is 2.21. The lowest BCUT2D eigenvalue weighted by molar-refractivity contribution is 0.119. The molecule has 3 unspecified atom stereocenters. The van der Waals surface area contributed by atoms with Crippen molar-refractivity contribution in [3.63, 3.8) is 0 Å². The summed E-state index contributed by atoms with van der Waals surface area (Å²) in [5.74, 6) is 0.518. The maximum atomic E-state index is 10.9. The Labute approximate surface area is 123 Å². The molecular weight excluding hydrogens is 280 g/mol. The smallest absolute Gasteiger partial charge is 0.396 e. The lowest BCUT2D eigenvalue weighted by Gasteiger charge is -2.21. The monoisotopic (exact) mass is 310 g/mol. The van der Waals surface area contributed by atoms with E-state index in [1.165, 1.54) is 6.42 Å². The lowest BCUT2D eigenvalue weighted by Crippen LogP contribution is -2.22. The minimum absolute atomic E-state index is 0.0155. The highest BCUT2D eigenvalue weighted by atomic mass is 32.3. The number of aliphatic hydroxyl groups excluding tert-OH is 1. The largest absolute Gasteiger partial charge is 0.397 e. The van der Waals surface area contributed by atoms with E-state index in [4.69, 9.17) is 13.8 Å². The molecule has 0 aliphatic carbocycles. The minimum atomic E-state index is -4.43. The Kier molecular flexibility index (Phi) is 10.5. The van der Waals surface area contributed by atoms with Crippen molar-refractivity contribution in [2.75, 3.05) is 6.61 Å². The molecule has 0 aliphatic heterocycles. The van der Waals surface area contributed by atoms with Crippen LogP contribution in [0.5, 0.6) is 0 Å². The van der Waals surface area contributed by atoms with E-state index in [0.717, 1.165) is 25.7 Å². The van der Waals surface area contributed by atoms with Crippen LogP contribution in [0.15, 0.2) is 0 Å². The predicted octanol–water partition coefficient (Wildman–Crippen LogP) is 3.19. The summed E-state index contributed by atoms with van der Waals surface area (Å²) >= 11 is 0.